The fraction of sp³-hybridized carbons (Fsp3) is 0.286. The number of aromatic nitrogens is 2. The monoisotopic (exact) mass is 259 g/mol. The van der Waals surface area contributed by atoms with E-state index >= 15 is 0 Å². The van der Waals surface area contributed by atoms with Crippen molar-refractivity contribution in [3.63, 3.8) is 0 Å². The zero-order valence-electron chi connectivity index (χ0n) is 10.4. The average Bonchev–Trinajstić information content (AvgIpc) is 2.80. The molecule has 0 saturated carbocycles. The van der Waals surface area contributed by atoms with Gasteiger partial charge in [0.1, 0.15) is 5.82 Å². The van der Waals surface area contributed by atoms with Crippen molar-refractivity contribution in [1.82, 2.24) is 9.55 Å². The SMILES string of the molecule is CC(C)c1nccn1Cc1ccc(C#N)cc1Cl. The van der Waals surface area contributed by atoms with Crippen LogP contribution in [0.25, 0.3) is 0 Å². The first kappa shape index (κ1) is 12.7. The predicted molar refractivity (Wildman–Crippen MR) is 71.6 cm³/mol. The molecule has 1 aromatic carbocycles. The molecule has 2 aromatic rings. The van der Waals surface area contributed by atoms with Gasteiger partial charge in [0, 0.05) is 23.3 Å². The summed E-state index contributed by atoms with van der Waals surface area (Å²) in [6, 6.07) is 7.46. The molecule has 0 bridgehead atoms. The minimum Gasteiger partial charge on any atom is -0.330 e. The van der Waals surface area contributed by atoms with Crippen LogP contribution in [0.5, 0.6) is 0 Å². The van der Waals surface area contributed by atoms with Crippen molar-refractivity contribution in [2.45, 2.75) is 26.3 Å². The van der Waals surface area contributed by atoms with Crippen molar-refractivity contribution < 1.29 is 0 Å². The molecule has 2 rings (SSSR count). The second-order valence-corrected chi connectivity index (χ2v) is 4.89. The minimum atomic E-state index is 0.372. The van der Waals surface area contributed by atoms with Crippen LogP contribution in [0.1, 0.15) is 36.7 Å². The minimum absolute atomic E-state index is 0.372. The third-order valence-electron chi connectivity index (χ3n) is 2.79. The molecule has 1 heterocycles. The summed E-state index contributed by atoms with van der Waals surface area (Å²) in [5.41, 5.74) is 1.58. The number of benzene rings is 1. The van der Waals surface area contributed by atoms with Gasteiger partial charge in [0.25, 0.3) is 0 Å². The Morgan fingerprint density at radius 3 is 2.83 bits per heavy atom. The summed E-state index contributed by atoms with van der Waals surface area (Å²) < 4.78 is 2.08. The molecule has 0 saturated heterocycles. The van der Waals surface area contributed by atoms with Crippen LogP contribution < -0.4 is 0 Å². The van der Waals surface area contributed by atoms with Crippen molar-refractivity contribution in [2.75, 3.05) is 0 Å². The van der Waals surface area contributed by atoms with Crippen molar-refractivity contribution in [2.24, 2.45) is 0 Å². The number of hydrogen-bond donors (Lipinski definition) is 0. The van der Waals surface area contributed by atoms with E-state index in [1.165, 1.54) is 0 Å². The van der Waals surface area contributed by atoms with Crippen molar-refractivity contribution >= 4 is 11.6 Å². The van der Waals surface area contributed by atoms with Crippen LogP contribution >= 0.6 is 11.6 Å². The molecule has 0 fully saturated rings. The number of nitrogens with zero attached hydrogens (tertiary/aromatic N) is 3. The number of halogens is 1. The first-order chi connectivity index (χ1) is 8.61. The van der Waals surface area contributed by atoms with Gasteiger partial charge in [-0.15, -0.1) is 0 Å². The molecule has 0 aliphatic heterocycles. The molecule has 0 aliphatic carbocycles. The highest BCUT2D eigenvalue weighted by molar-refractivity contribution is 6.31. The highest BCUT2D eigenvalue weighted by Gasteiger charge is 2.09. The fourth-order valence-corrected chi connectivity index (χ4v) is 2.12. The largest absolute Gasteiger partial charge is 0.330 e. The molecule has 18 heavy (non-hydrogen) atoms. The van der Waals surface area contributed by atoms with Crippen LogP contribution in [-0.4, -0.2) is 9.55 Å². The maximum Gasteiger partial charge on any atom is 0.111 e. The van der Waals surface area contributed by atoms with E-state index in [4.69, 9.17) is 16.9 Å². The smallest absolute Gasteiger partial charge is 0.111 e. The van der Waals surface area contributed by atoms with Crippen LogP contribution in [0, 0.1) is 11.3 Å². The van der Waals surface area contributed by atoms with Crippen LogP contribution in [0.4, 0.5) is 0 Å². The second kappa shape index (κ2) is 5.24. The number of nitriles is 1. The van der Waals surface area contributed by atoms with Crippen LogP contribution in [0.3, 0.4) is 0 Å². The van der Waals surface area contributed by atoms with E-state index in [9.17, 15) is 0 Å². The Bertz CT molecular complexity index is 593. The molecule has 0 atom stereocenters. The molecule has 0 unspecified atom stereocenters. The van der Waals surface area contributed by atoms with Gasteiger partial charge in [-0.1, -0.05) is 31.5 Å². The van der Waals surface area contributed by atoms with E-state index in [0.29, 0.717) is 23.0 Å². The van der Waals surface area contributed by atoms with E-state index in [2.05, 4.69) is 29.5 Å². The fourth-order valence-electron chi connectivity index (χ4n) is 1.88. The van der Waals surface area contributed by atoms with E-state index < -0.39 is 0 Å². The van der Waals surface area contributed by atoms with E-state index in [1.807, 2.05) is 12.3 Å². The van der Waals surface area contributed by atoms with Gasteiger partial charge in [0.05, 0.1) is 18.2 Å². The lowest BCUT2D eigenvalue weighted by Crippen LogP contribution is -2.06. The lowest BCUT2D eigenvalue weighted by atomic mass is 10.1. The highest BCUT2D eigenvalue weighted by Crippen LogP contribution is 2.20. The van der Waals surface area contributed by atoms with Crippen LogP contribution in [0.2, 0.25) is 5.02 Å². The van der Waals surface area contributed by atoms with Crippen LogP contribution in [-0.2, 0) is 6.54 Å². The molecule has 3 nitrogen and oxygen atoms in total. The standard InChI is InChI=1S/C14H14ClN3/c1-10(2)14-17-5-6-18(14)9-12-4-3-11(8-16)7-13(12)15/h3-7,10H,9H2,1-2H3. The second-order valence-electron chi connectivity index (χ2n) is 4.49. The first-order valence-electron chi connectivity index (χ1n) is 5.81. The Morgan fingerprint density at radius 2 is 2.22 bits per heavy atom. The zero-order valence-corrected chi connectivity index (χ0v) is 11.1. The highest BCUT2D eigenvalue weighted by atomic mass is 35.5. The van der Waals surface area contributed by atoms with E-state index in [1.54, 1.807) is 18.3 Å². The summed E-state index contributed by atoms with van der Waals surface area (Å²) >= 11 is 6.17. The molecular formula is C14H14ClN3. The van der Waals surface area contributed by atoms with Gasteiger partial charge >= 0.3 is 0 Å². The number of hydrogen-bond acceptors (Lipinski definition) is 2. The molecule has 0 amide bonds. The summed E-state index contributed by atoms with van der Waals surface area (Å²) in [5.74, 6) is 1.41. The molecule has 0 N–H and O–H groups in total. The normalized spacial score (nSPS) is 10.6. The van der Waals surface area contributed by atoms with Gasteiger partial charge < -0.3 is 4.57 Å². The first-order valence-corrected chi connectivity index (χ1v) is 6.19. The van der Waals surface area contributed by atoms with Gasteiger partial charge in [0.2, 0.25) is 0 Å². The molecule has 0 spiro atoms. The molecular weight excluding hydrogens is 246 g/mol. The summed E-state index contributed by atoms with van der Waals surface area (Å²) in [7, 11) is 0. The quantitative estimate of drug-likeness (QED) is 0.845. The van der Waals surface area contributed by atoms with Gasteiger partial charge in [-0.2, -0.15) is 5.26 Å². The number of imidazole rings is 1. The van der Waals surface area contributed by atoms with Gasteiger partial charge in [0.15, 0.2) is 0 Å². The Labute approximate surface area is 112 Å². The van der Waals surface area contributed by atoms with E-state index in [-0.39, 0.29) is 0 Å². The summed E-state index contributed by atoms with van der Waals surface area (Å²) in [4.78, 5) is 4.34. The summed E-state index contributed by atoms with van der Waals surface area (Å²) in [6.07, 6.45) is 3.75. The molecule has 0 radical (unpaired) electrons. The average molecular weight is 260 g/mol. The third kappa shape index (κ3) is 2.55. The van der Waals surface area contributed by atoms with Gasteiger partial charge in [-0.3, -0.25) is 0 Å². The van der Waals surface area contributed by atoms with Crippen molar-refractivity contribution in [1.29, 1.82) is 5.26 Å². The lowest BCUT2D eigenvalue weighted by Gasteiger charge is -2.11. The third-order valence-corrected chi connectivity index (χ3v) is 3.14. The summed E-state index contributed by atoms with van der Waals surface area (Å²) in [6.45, 7) is 4.90. The Morgan fingerprint density at radius 1 is 1.44 bits per heavy atom. The molecule has 0 aliphatic rings. The van der Waals surface area contributed by atoms with Crippen molar-refractivity contribution in [3.05, 3.63) is 52.6 Å². The summed E-state index contributed by atoms with van der Waals surface area (Å²) in [5, 5.41) is 9.43. The van der Waals surface area contributed by atoms with Crippen molar-refractivity contribution in [3.8, 4) is 6.07 Å². The Balaban J connectivity index is 2.29. The van der Waals surface area contributed by atoms with Gasteiger partial charge in [-0.05, 0) is 17.7 Å². The predicted octanol–water partition coefficient (Wildman–Crippen LogP) is 3.58. The number of rotatable bonds is 3. The Kier molecular flexibility index (Phi) is 3.69. The van der Waals surface area contributed by atoms with Crippen LogP contribution in [0.15, 0.2) is 30.6 Å². The molecule has 1 aromatic heterocycles. The molecule has 4 heteroatoms. The zero-order chi connectivity index (χ0) is 13.1. The Hall–Kier alpha value is -1.79. The molecule has 92 valence electrons. The topological polar surface area (TPSA) is 41.6 Å². The maximum atomic E-state index is 8.80. The maximum absolute atomic E-state index is 8.80. The lowest BCUT2D eigenvalue weighted by molar-refractivity contribution is 0.670. The van der Waals surface area contributed by atoms with E-state index in [0.717, 1.165) is 11.4 Å². The van der Waals surface area contributed by atoms with Gasteiger partial charge in [-0.25, -0.2) is 4.98 Å².